The van der Waals surface area contributed by atoms with E-state index in [0.29, 0.717) is 19.8 Å². The van der Waals surface area contributed by atoms with E-state index >= 15 is 0 Å². The van der Waals surface area contributed by atoms with E-state index in [1.165, 1.54) is 6.92 Å². The molecule has 0 spiro atoms. The van der Waals surface area contributed by atoms with Crippen molar-refractivity contribution in [2.75, 3.05) is 13.7 Å². The zero-order valence-corrected chi connectivity index (χ0v) is 16.2. The zero-order valence-electron chi connectivity index (χ0n) is 16.2. The number of ether oxygens (including phenoxy) is 5. The molecule has 150 valence electrons. The van der Waals surface area contributed by atoms with Gasteiger partial charge in [-0.25, -0.2) is 0 Å². The number of esters is 1. The van der Waals surface area contributed by atoms with Crippen LogP contribution in [0.3, 0.4) is 0 Å². The third-order valence-corrected chi connectivity index (χ3v) is 4.50. The molecular formula is C22H26O6. The fourth-order valence-corrected chi connectivity index (χ4v) is 3.17. The Labute approximate surface area is 165 Å². The standard InChI is InChI=1S/C22H26O6/c1-16(23)27-22-21(24-2)20(26-14-18-11-7-4-8-12-18)19(28-22)15-25-13-17-9-5-3-6-10-17/h3-12,19-22H,13-15H2,1-2H3/t19-,20+,21-,22?/m1/s1. The highest BCUT2D eigenvalue weighted by atomic mass is 16.7. The van der Waals surface area contributed by atoms with E-state index in [1.807, 2.05) is 60.7 Å². The van der Waals surface area contributed by atoms with Crippen LogP contribution in [0.5, 0.6) is 0 Å². The topological polar surface area (TPSA) is 63.2 Å². The van der Waals surface area contributed by atoms with E-state index < -0.39 is 30.6 Å². The summed E-state index contributed by atoms with van der Waals surface area (Å²) in [6.07, 6.45) is -2.20. The van der Waals surface area contributed by atoms with Crippen molar-refractivity contribution in [3.63, 3.8) is 0 Å². The lowest BCUT2D eigenvalue weighted by Gasteiger charge is -2.23. The third-order valence-electron chi connectivity index (χ3n) is 4.50. The van der Waals surface area contributed by atoms with E-state index in [-0.39, 0.29) is 0 Å². The molecule has 0 bridgehead atoms. The SMILES string of the molecule is CO[C@H]1C(OC(C)=O)O[C@H](COCc2ccccc2)[C@@H]1OCc1ccccc1. The maximum atomic E-state index is 11.4. The van der Waals surface area contributed by atoms with Gasteiger partial charge >= 0.3 is 5.97 Å². The molecule has 3 rings (SSSR count). The summed E-state index contributed by atoms with van der Waals surface area (Å²) in [4.78, 5) is 11.4. The average Bonchev–Trinajstić information content (AvgIpc) is 3.03. The number of hydrogen-bond donors (Lipinski definition) is 0. The Kier molecular flexibility index (Phi) is 7.56. The van der Waals surface area contributed by atoms with Crippen molar-refractivity contribution in [3.05, 3.63) is 71.8 Å². The number of rotatable bonds is 9. The predicted octanol–water partition coefficient (Wildman–Crippen LogP) is 3.09. The number of benzene rings is 2. The monoisotopic (exact) mass is 386 g/mol. The highest BCUT2D eigenvalue weighted by Crippen LogP contribution is 2.28. The van der Waals surface area contributed by atoms with Crippen LogP contribution >= 0.6 is 0 Å². The molecule has 6 nitrogen and oxygen atoms in total. The van der Waals surface area contributed by atoms with Gasteiger partial charge in [-0.3, -0.25) is 4.79 Å². The van der Waals surface area contributed by atoms with Crippen LogP contribution in [0, 0.1) is 0 Å². The van der Waals surface area contributed by atoms with Crippen molar-refractivity contribution in [3.8, 4) is 0 Å². The molecule has 0 saturated carbocycles. The quantitative estimate of drug-likeness (QED) is 0.617. The largest absolute Gasteiger partial charge is 0.433 e. The van der Waals surface area contributed by atoms with Crippen LogP contribution in [0.2, 0.25) is 0 Å². The summed E-state index contributed by atoms with van der Waals surface area (Å²) in [5.41, 5.74) is 2.11. The van der Waals surface area contributed by atoms with Gasteiger partial charge in [0.1, 0.15) is 18.3 Å². The molecule has 28 heavy (non-hydrogen) atoms. The van der Waals surface area contributed by atoms with Gasteiger partial charge in [0.2, 0.25) is 6.29 Å². The molecule has 1 aliphatic heterocycles. The van der Waals surface area contributed by atoms with E-state index in [1.54, 1.807) is 7.11 Å². The average molecular weight is 386 g/mol. The lowest BCUT2D eigenvalue weighted by atomic mass is 10.1. The van der Waals surface area contributed by atoms with Crippen LogP contribution in [0.15, 0.2) is 60.7 Å². The number of carbonyl (C=O) groups is 1. The lowest BCUT2D eigenvalue weighted by molar-refractivity contribution is -0.191. The van der Waals surface area contributed by atoms with Gasteiger partial charge in [0.15, 0.2) is 0 Å². The second kappa shape index (κ2) is 10.3. The van der Waals surface area contributed by atoms with Crippen molar-refractivity contribution < 1.29 is 28.5 Å². The molecule has 0 aromatic heterocycles. The molecule has 2 aromatic rings. The highest BCUT2D eigenvalue weighted by molar-refractivity contribution is 5.66. The fourth-order valence-electron chi connectivity index (χ4n) is 3.17. The summed E-state index contributed by atoms with van der Waals surface area (Å²) in [5, 5.41) is 0. The van der Waals surface area contributed by atoms with Crippen LogP contribution in [-0.2, 0) is 41.7 Å². The van der Waals surface area contributed by atoms with Gasteiger partial charge in [0, 0.05) is 14.0 Å². The van der Waals surface area contributed by atoms with Crippen molar-refractivity contribution in [1.82, 2.24) is 0 Å². The summed E-state index contributed by atoms with van der Waals surface area (Å²) >= 11 is 0. The van der Waals surface area contributed by atoms with Crippen LogP contribution < -0.4 is 0 Å². The van der Waals surface area contributed by atoms with Crippen molar-refractivity contribution in [1.29, 1.82) is 0 Å². The first-order valence-electron chi connectivity index (χ1n) is 9.30. The number of carbonyl (C=O) groups excluding carboxylic acids is 1. The Morgan fingerprint density at radius 1 is 0.929 bits per heavy atom. The minimum atomic E-state index is -0.825. The van der Waals surface area contributed by atoms with Crippen LogP contribution in [0.4, 0.5) is 0 Å². The smallest absolute Gasteiger partial charge is 0.305 e. The second-order valence-electron chi connectivity index (χ2n) is 6.61. The van der Waals surface area contributed by atoms with Crippen molar-refractivity contribution in [2.45, 2.75) is 44.7 Å². The van der Waals surface area contributed by atoms with Crippen LogP contribution in [0.25, 0.3) is 0 Å². The summed E-state index contributed by atoms with van der Waals surface area (Å²) in [5.74, 6) is -0.431. The Morgan fingerprint density at radius 2 is 1.54 bits per heavy atom. The zero-order chi connectivity index (χ0) is 19.8. The molecule has 2 aromatic carbocycles. The molecule has 4 atom stereocenters. The predicted molar refractivity (Wildman–Crippen MR) is 102 cm³/mol. The van der Waals surface area contributed by atoms with Gasteiger partial charge in [0.05, 0.1) is 19.8 Å². The molecule has 6 heteroatoms. The Bertz CT molecular complexity index is 720. The van der Waals surface area contributed by atoms with E-state index in [9.17, 15) is 4.79 Å². The van der Waals surface area contributed by atoms with Crippen LogP contribution in [0.1, 0.15) is 18.1 Å². The minimum absolute atomic E-state index is 0.298. The third kappa shape index (κ3) is 5.62. The van der Waals surface area contributed by atoms with Gasteiger partial charge in [0.25, 0.3) is 0 Å². The summed E-state index contributed by atoms with van der Waals surface area (Å²) in [7, 11) is 1.55. The maximum Gasteiger partial charge on any atom is 0.305 e. The molecule has 1 unspecified atom stereocenters. The molecular weight excluding hydrogens is 360 g/mol. The highest BCUT2D eigenvalue weighted by Gasteiger charge is 2.47. The first-order valence-corrected chi connectivity index (χ1v) is 9.30. The van der Waals surface area contributed by atoms with Gasteiger partial charge in [-0.05, 0) is 11.1 Å². The number of methoxy groups -OCH3 is 1. The Hall–Kier alpha value is -2.25. The Morgan fingerprint density at radius 3 is 2.11 bits per heavy atom. The van der Waals surface area contributed by atoms with Gasteiger partial charge < -0.3 is 23.7 Å². The molecule has 0 amide bonds. The normalized spacial score (nSPS) is 24.2. The van der Waals surface area contributed by atoms with E-state index in [4.69, 9.17) is 23.7 Å². The molecule has 0 N–H and O–H groups in total. The van der Waals surface area contributed by atoms with Crippen molar-refractivity contribution >= 4 is 5.97 Å². The van der Waals surface area contributed by atoms with Gasteiger partial charge in [-0.15, -0.1) is 0 Å². The summed E-state index contributed by atoms with van der Waals surface area (Å²) < 4.78 is 28.6. The first-order chi connectivity index (χ1) is 13.7. The first kappa shape index (κ1) is 20.5. The molecule has 0 aliphatic carbocycles. The lowest BCUT2D eigenvalue weighted by Crippen LogP contribution is -2.39. The van der Waals surface area contributed by atoms with Gasteiger partial charge in [-0.2, -0.15) is 0 Å². The van der Waals surface area contributed by atoms with E-state index in [2.05, 4.69) is 0 Å². The molecule has 1 fully saturated rings. The van der Waals surface area contributed by atoms with Crippen molar-refractivity contribution in [2.24, 2.45) is 0 Å². The van der Waals surface area contributed by atoms with E-state index in [0.717, 1.165) is 11.1 Å². The maximum absolute atomic E-state index is 11.4. The fraction of sp³-hybridized carbons (Fsp3) is 0.409. The molecule has 0 radical (unpaired) electrons. The Balaban J connectivity index is 1.63. The van der Waals surface area contributed by atoms with Crippen LogP contribution in [-0.4, -0.2) is 44.3 Å². The molecule has 1 saturated heterocycles. The minimum Gasteiger partial charge on any atom is -0.433 e. The van der Waals surface area contributed by atoms with Gasteiger partial charge in [-0.1, -0.05) is 60.7 Å². The summed E-state index contributed by atoms with van der Waals surface area (Å²) in [6.45, 7) is 2.50. The molecule has 1 heterocycles. The molecule has 1 aliphatic rings. The number of hydrogen-bond acceptors (Lipinski definition) is 6. The summed E-state index contributed by atoms with van der Waals surface area (Å²) in [6, 6.07) is 19.7. The second-order valence-corrected chi connectivity index (χ2v) is 6.61.